The average molecular weight is 333 g/mol. The Labute approximate surface area is 140 Å². The number of carbonyl (C=O) groups excluding carboxylic acids is 2. The predicted molar refractivity (Wildman–Crippen MR) is 88.8 cm³/mol. The summed E-state index contributed by atoms with van der Waals surface area (Å²) >= 11 is 5.86. The van der Waals surface area contributed by atoms with Gasteiger partial charge in [-0.15, -0.1) is 0 Å². The van der Waals surface area contributed by atoms with E-state index in [1.165, 1.54) is 21.1 Å². The van der Waals surface area contributed by atoms with E-state index in [9.17, 15) is 9.59 Å². The van der Waals surface area contributed by atoms with Gasteiger partial charge in [0.15, 0.2) is 17.3 Å². The van der Waals surface area contributed by atoms with Gasteiger partial charge < -0.3 is 9.47 Å². The van der Waals surface area contributed by atoms with Crippen LogP contribution in [0.2, 0.25) is 5.02 Å². The molecule has 0 spiro atoms. The van der Waals surface area contributed by atoms with Gasteiger partial charge in [0.2, 0.25) is 0 Å². The van der Waals surface area contributed by atoms with Crippen molar-refractivity contribution in [3.8, 4) is 11.5 Å². The van der Waals surface area contributed by atoms with Gasteiger partial charge in [-0.1, -0.05) is 11.6 Å². The van der Waals surface area contributed by atoms with Gasteiger partial charge in [0.1, 0.15) is 5.78 Å². The Bertz CT molecular complexity index is 735. The van der Waals surface area contributed by atoms with E-state index in [2.05, 4.69) is 0 Å². The Hall–Kier alpha value is -2.33. The monoisotopic (exact) mass is 332 g/mol. The Morgan fingerprint density at radius 3 is 2.09 bits per heavy atom. The number of carbonyl (C=O) groups is 2. The molecule has 0 saturated carbocycles. The molecule has 0 saturated heterocycles. The van der Waals surface area contributed by atoms with Crippen LogP contribution in [0.1, 0.15) is 28.4 Å². The fraction of sp³-hybridized carbons (Fsp3) is 0.222. The molecule has 0 amide bonds. The first kappa shape index (κ1) is 17.0. The number of hydrogen-bond donors (Lipinski definition) is 0. The fourth-order valence-corrected chi connectivity index (χ4v) is 2.43. The maximum atomic E-state index is 12.8. The molecule has 0 atom stereocenters. The summed E-state index contributed by atoms with van der Waals surface area (Å²) in [5, 5.41) is 0.554. The second-order valence-electron chi connectivity index (χ2n) is 5.08. The summed E-state index contributed by atoms with van der Waals surface area (Å²) < 4.78 is 10.5. The normalized spacial score (nSPS) is 10.3. The molecular weight excluding hydrogens is 316 g/mol. The SMILES string of the molecule is COc1cc(CC(C)=O)c(C(=O)c2ccc(Cl)cc2)cc1OC. The number of Topliss-reactive ketones (excluding diaryl/α,β-unsaturated/α-hetero) is 1. The zero-order valence-corrected chi connectivity index (χ0v) is 13.9. The third-order valence-corrected chi connectivity index (χ3v) is 3.65. The average Bonchev–Trinajstić information content (AvgIpc) is 2.54. The van der Waals surface area contributed by atoms with Crippen LogP contribution in [0.15, 0.2) is 36.4 Å². The van der Waals surface area contributed by atoms with E-state index in [0.717, 1.165) is 0 Å². The lowest BCUT2D eigenvalue weighted by Crippen LogP contribution is -2.09. The molecule has 2 aromatic rings. The van der Waals surface area contributed by atoms with Gasteiger partial charge in [-0.3, -0.25) is 9.59 Å². The second kappa shape index (κ2) is 7.29. The van der Waals surface area contributed by atoms with E-state index in [0.29, 0.717) is 33.2 Å². The third kappa shape index (κ3) is 3.90. The van der Waals surface area contributed by atoms with Crippen LogP contribution < -0.4 is 9.47 Å². The highest BCUT2D eigenvalue weighted by Crippen LogP contribution is 2.32. The van der Waals surface area contributed by atoms with Gasteiger partial charge in [0, 0.05) is 22.6 Å². The molecule has 0 aliphatic rings. The molecule has 23 heavy (non-hydrogen) atoms. The number of ketones is 2. The van der Waals surface area contributed by atoms with Gasteiger partial charge in [0.05, 0.1) is 14.2 Å². The van der Waals surface area contributed by atoms with Crippen LogP contribution in [0.5, 0.6) is 11.5 Å². The van der Waals surface area contributed by atoms with Crippen molar-refractivity contribution in [2.45, 2.75) is 13.3 Å². The molecule has 4 nitrogen and oxygen atoms in total. The van der Waals surface area contributed by atoms with Crippen molar-refractivity contribution in [1.29, 1.82) is 0 Å². The summed E-state index contributed by atoms with van der Waals surface area (Å²) in [5.74, 6) is 0.690. The molecule has 0 aliphatic carbocycles. The molecule has 0 heterocycles. The van der Waals surface area contributed by atoms with E-state index < -0.39 is 0 Å². The number of methoxy groups -OCH3 is 2. The minimum Gasteiger partial charge on any atom is -0.493 e. The maximum absolute atomic E-state index is 12.8. The molecule has 0 unspecified atom stereocenters. The van der Waals surface area contributed by atoms with Crippen LogP contribution in [-0.4, -0.2) is 25.8 Å². The van der Waals surface area contributed by atoms with Gasteiger partial charge in [-0.05, 0) is 48.9 Å². The quantitative estimate of drug-likeness (QED) is 0.756. The smallest absolute Gasteiger partial charge is 0.193 e. The number of rotatable bonds is 6. The standard InChI is InChI=1S/C18H17ClO4/c1-11(20)8-13-9-16(22-2)17(23-3)10-15(13)18(21)12-4-6-14(19)7-5-12/h4-7,9-10H,8H2,1-3H3. The highest BCUT2D eigenvalue weighted by molar-refractivity contribution is 6.30. The highest BCUT2D eigenvalue weighted by Gasteiger charge is 2.19. The molecule has 0 bridgehead atoms. The summed E-state index contributed by atoms with van der Waals surface area (Å²) in [4.78, 5) is 24.3. The number of ether oxygens (including phenoxy) is 2. The van der Waals surface area contributed by atoms with E-state index in [1.54, 1.807) is 36.4 Å². The highest BCUT2D eigenvalue weighted by atomic mass is 35.5. The third-order valence-electron chi connectivity index (χ3n) is 3.40. The molecule has 2 rings (SSSR count). The van der Waals surface area contributed by atoms with Crippen molar-refractivity contribution in [2.24, 2.45) is 0 Å². The Morgan fingerprint density at radius 1 is 1.00 bits per heavy atom. The summed E-state index contributed by atoms with van der Waals surface area (Å²) in [6.07, 6.45) is 0.148. The van der Waals surface area contributed by atoms with Crippen LogP contribution in [-0.2, 0) is 11.2 Å². The van der Waals surface area contributed by atoms with Gasteiger partial charge in [0.25, 0.3) is 0 Å². The van der Waals surface area contributed by atoms with Gasteiger partial charge in [-0.25, -0.2) is 0 Å². The van der Waals surface area contributed by atoms with Crippen LogP contribution in [0, 0.1) is 0 Å². The Morgan fingerprint density at radius 2 is 1.57 bits per heavy atom. The van der Waals surface area contributed by atoms with Crippen molar-refractivity contribution in [3.05, 3.63) is 58.1 Å². The van der Waals surface area contributed by atoms with Crippen molar-refractivity contribution in [3.63, 3.8) is 0 Å². The van der Waals surface area contributed by atoms with Crippen molar-refractivity contribution in [2.75, 3.05) is 14.2 Å². The van der Waals surface area contributed by atoms with Crippen LogP contribution >= 0.6 is 11.6 Å². The van der Waals surface area contributed by atoms with Crippen LogP contribution in [0.25, 0.3) is 0 Å². The van der Waals surface area contributed by atoms with Crippen molar-refractivity contribution < 1.29 is 19.1 Å². The summed E-state index contributed by atoms with van der Waals surface area (Å²) in [6, 6.07) is 9.88. The van der Waals surface area contributed by atoms with Crippen molar-refractivity contribution in [1.82, 2.24) is 0 Å². The van der Waals surface area contributed by atoms with E-state index in [-0.39, 0.29) is 18.0 Å². The zero-order chi connectivity index (χ0) is 17.0. The Balaban J connectivity index is 2.55. The predicted octanol–water partition coefficient (Wildman–Crippen LogP) is 3.72. The summed E-state index contributed by atoms with van der Waals surface area (Å²) in [6.45, 7) is 1.48. The molecule has 0 N–H and O–H groups in total. The van der Waals surface area contributed by atoms with Crippen LogP contribution in [0.4, 0.5) is 0 Å². The lowest BCUT2D eigenvalue weighted by molar-refractivity contribution is -0.116. The molecule has 5 heteroatoms. The first-order valence-electron chi connectivity index (χ1n) is 7.01. The van der Waals surface area contributed by atoms with E-state index >= 15 is 0 Å². The molecule has 2 aromatic carbocycles. The minimum atomic E-state index is -0.195. The second-order valence-corrected chi connectivity index (χ2v) is 5.52. The van der Waals surface area contributed by atoms with Crippen LogP contribution in [0.3, 0.4) is 0 Å². The first-order valence-corrected chi connectivity index (χ1v) is 7.38. The molecular formula is C18H17ClO4. The molecule has 0 aliphatic heterocycles. The number of halogens is 1. The lowest BCUT2D eigenvalue weighted by Gasteiger charge is -2.14. The minimum absolute atomic E-state index is 0.0395. The molecule has 0 aromatic heterocycles. The van der Waals surface area contributed by atoms with Gasteiger partial charge in [-0.2, -0.15) is 0 Å². The fourth-order valence-electron chi connectivity index (χ4n) is 2.30. The zero-order valence-electron chi connectivity index (χ0n) is 13.2. The summed E-state index contributed by atoms with van der Waals surface area (Å²) in [7, 11) is 3.01. The summed E-state index contributed by atoms with van der Waals surface area (Å²) in [5.41, 5.74) is 1.52. The maximum Gasteiger partial charge on any atom is 0.193 e. The van der Waals surface area contributed by atoms with Crippen molar-refractivity contribution >= 4 is 23.2 Å². The molecule has 120 valence electrons. The number of hydrogen-bond acceptors (Lipinski definition) is 4. The van der Waals surface area contributed by atoms with Gasteiger partial charge >= 0.3 is 0 Å². The molecule has 0 fully saturated rings. The molecule has 0 radical (unpaired) electrons. The number of benzene rings is 2. The van der Waals surface area contributed by atoms with E-state index in [4.69, 9.17) is 21.1 Å². The topological polar surface area (TPSA) is 52.6 Å². The largest absolute Gasteiger partial charge is 0.493 e. The Kier molecular flexibility index (Phi) is 5.40. The lowest BCUT2D eigenvalue weighted by atomic mass is 9.95. The van der Waals surface area contributed by atoms with E-state index in [1.807, 2.05) is 0 Å². The first-order chi connectivity index (χ1) is 11.0.